The van der Waals surface area contributed by atoms with Crippen LogP contribution in [0.3, 0.4) is 0 Å². The van der Waals surface area contributed by atoms with Crippen molar-refractivity contribution in [1.29, 1.82) is 0 Å². The van der Waals surface area contributed by atoms with E-state index in [0.717, 1.165) is 0 Å². The normalized spacial score (nSPS) is 9.86. The molecule has 0 aromatic heterocycles. The molecule has 0 atom stereocenters. The molecular weight excluding hydrogens is 128 g/mol. The van der Waals surface area contributed by atoms with E-state index in [1.54, 1.807) is 5.55 Å². The number of aliphatic imine (C=N–C) groups is 1. The molecule has 2 nitrogen and oxygen atoms in total. The second kappa shape index (κ2) is 4.08. The van der Waals surface area contributed by atoms with E-state index in [1.807, 2.05) is 6.26 Å². The van der Waals surface area contributed by atoms with Gasteiger partial charge in [-0.05, 0) is 18.5 Å². The third kappa shape index (κ3) is 5.91. The summed E-state index contributed by atoms with van der Waals surface area (Å²) in [5.41, 5.74) is 6.60. The van der Waals surface area contributed by atoms with Crippen molar-refractivity contribution in [2.45, 2.75) is 0 Å². The molecule has 0 amide bonds. The molecule has 0 saturated carbocycles. The molecule has 0 aromatic carbocycles. The lowest BCUT2D eigenvalue weighted by Gasteiger charge is -1.78. The summed E-state index contributed by atoms with van der Waals surface area (Å²) in [6.45, 7) is 0. The number of thiocarbonyl (C=S) groups is 1. The predicted molar refractivity (Wildman–Crippen MR) is 38.8 cm³/mol. The number of hydrogen-bond acceptors (Lipinski definition) is 2. The highest BCUT2D eigenvalue weighted by Crippen LogP contribution is 1.81. The van der Waals surface area contributed by atoms with Crippen molar-refractivity contribution in [3.8, 4) is 0 Å². The van der Waals surface area contributed by atoms with Crippen molar-refractivity contribution < 1.29 is 0 Å². The summed E-state index contributed by atoms with van der Waals surface area (Å²) in [6.07, 6.45) is 1.89. The Morgan fingerprint density at radius 3 is 2.71 bits per heavy atom. The third-order valence-electron chi connectivity index (χ3n) is 0.285. The second-order valence-corrected chi connectivity index (χ2v) is 1.91. The minimum absolute atomic E-state index is 0.189. The van der Waals surface area contributed by atoms with Gasteiger partial charge in [-0.25, -0.2) is 4.99 Å². The molecule has 0 aliphatic carbocycles. The fourth-order valence-corrected chi connectivity index (χ4v) is 0.443. The van der Waals surface area contributed by atoms with Gasteiger partial charge in [0, 0.05) is 0 Å². The van der Waals surface area contributed by atoms with Crippen LogP contribution in [0.15, 0.2) is 4.99 Å². The Kier molecular flexibility index (Phi) is 4.03. The zero-order valence-electron chi connectivity index (χ0n) is 3.92. The first-order valence-electron chi connectivity index (χ1n) is 1.62. The molecule has 2 N–H and O–H groups in total. The van der Waals surface area contributed by atoms with Crippen molar-refractivity contribution in [1.82, 2.24) is 0 Å². The summed E-state index contributed by atoms with van der Waals surface area (Å²) in [6, 6.07) is 0. The zero-order chi connectivity index (χ0) is 5.70. The smallest absolute Gasteiger partial charge is 0.190 e. The standard InChI is InChI=1S/C3H6N2S2/c1-7-2-5-3(4)6/h2H,1H3,(H2,4,6)/b5-2+. The van der Waals surface area contributed by atoms with Gasteiger partial charge in [-0.3, -0.25) is 0 Å². The second-order valence-electron chi connectivity index (χ2n) is 0.808. The molecular formula is C3H6N2S2. The lowest BCUT2D eigenvalue weighted by atomic mass is 11.2. The van der Waals surface area contributed by atoms with Crippen LogP contribution in [0.25, 0.3) is 0 Å². The van der Waals surface area contributed by atoms with Crippen molar-refractivity contribution in [3.63, 3.8) is 0 Å². The molecule has 0 aliphatic heterocycles. The molecule has 40 valence electrons. The topological polar surface area (TPSA) is 38.4 Å². The van der Waals surface area contributed by atoms with Gasteiger partial charge in [0.15, 0.2) is 5.11 Å². The molecule has 0 unspecified atom stereocenters. The van der Waals surface area contributed by atoms with E-state index in [0.29, 0.717) is 0 Å². The van der Waals surface area contributed by atoms with E-state index >= 15 is 0 Å². The minimum atomic E-state index is 0.189. The van der Waals surface area contributed by atoms with Crippen LogP contribution >= 0.6 is 24.0 Å². The largest absolute Gasteiger partial charge is 0.374 e. The van der Waals surface area contributed by atoms with Gasteiger partial charge in [0.05, 0.1) is 5.55 Å². The molecule has 0 heterocycles. The quantitative estimate of drug-likeness (QED) is 0.324. The Morgan fingerprint density at radius 2 is 2.57 bits per heavy atom. The van der Waals surface area contributed by atoms with E-state index in [2.05, 4.69) is 17.2 Å². The lowest BCUT2D eigenvalue weighted by Crippen LogP contribution is -2.02. The summed E-state index contributed by atoms with van der Waals surface area (Å²) in [4.78, 5) is 3.59. The summed E-state index contributed by atoms with van der Waals surface area (Å²) >= 11 is 5.90. The van der Waals surface area contributed by atoms with E-state index in [9.17, 15) is 0 Å². The average molecular weight is 134 g/mol. The molecule has 0 saturated heterocycles. The Bertz CT molecular complexity index is 88.9. The van der Waals surface area contributed by atoms with Crippen molar-refractivity contribution >= 4 is 34.6 Å². The van der Waals surface area contributed by atoms with E-state index in [-0.39, 0.29) is 5.11 Å². The maximum absolute atomic E-state index is 5.00. The van der Waals surface area contributed by atoms with Gasteiger partial charge in [-0.2, -0.15) is 0 Å². The molecule has 0 aliphatic rings. The third-order valence-corrected chi connectivity index (χ3v) is 0.707. The Hall–Kier alpha value is -0.0900. The number of rotatable bonds is 1. The van der Waals surface area contributed by atoms with Gasteiger partial charge in [0.25, 0.3) is 0 Å². The van der Waals surface area contributed by atoms with Crippen LogP contribution in [0, 0.1) is 0 Å². The van der Waals surface area contributed by atoms with Gasteiger partial charge < -0.3 is 5.73 Å². The Balaban J connectivity index is 3.26. The van der Waals surface area contributed by atoms with Gasteiger partial charge >= 0.3 is 0 Å². The molecule has 0 aromatic rings. The first-order valence-corrected chi connectivity index (χ1v) is 3.31. The van der Waals surface area contributed by atoms with E-state index < -0.39 is 0 Å². The highest BCUT2D eigenvalue weighted by molar-refractivity contribution is 8.11. The molecule has 0 bridgehead atoms. The highest BCUT2D eigenvalue weighted by Gasteiger charge is 1.71. The van der Waals surface area contributed by atoms with Crippen LogP contribution < -0.4 is 5.73 Å². The predicted octanol–water partition coefficient (Wildman–Crippen LogP) is 0.621. The molecule has 0 rings (SSSR count). The van der Waals surface area contributed by atoms with Crippen LogP contribution in [0.4, 0.5) is 0 Å². The average Bonchev–Trinajstić information content (AvgIpc) is 1.61. The molecule has 0 radical (unpaired) electrons. The highest BCUT2D eigenvalue weighted by atomic mass is 32.2. The molecule has 0 fully saturated rings. The number of nitrogens with zero attached hydrogens (tertiary/aromatic N) is 1. The molecule has 0 spiro atoms. The number of thioether (sulfide) groups is 1. The number of nitrogens with two attached hydrogens (primary N) is 1. The van der Waals surface area contributed by atoms with Crippen LogP contribution in [0.1, 0.15) is 0 Å². The van der Waals surface area contributed by atoms with Gasteiger partial charge in [-0.1, -0.05) is 0 Å². The van der Waals surface area contributed by atoms with Crippen molar-refractivity contribution in [2.24, 2.45) is 10.7 Å². The van der Waals surface area contributed by atoms with Crippen molar-refractivity contribution in [2.75, 3.05) is 6.26 Å². The Labute approximate surface area is 52.2 Å². The fourth-order valence-electron chi connectivity index (χ4n) is 0.105. The fraction of sp³-hybridized carbons (Fsp3) is 0.333. The Morgan fingerprint density at radius 1 is 2.00 bits per heavy atom. The summed E-state index contributed by atoms with van der Waals surface area (Å²) in [5.74, 6) is 0. The number of hydrogen-bond donors (Lipinski definition) is 1. The summed E-state index contributed by atoms with van der Waals surface area (Å²) in [5, 5.41) is 0.189. The summed E-state index contributed by atoms with van der Waals surface area (Å²) in [7, 11) is 0. The maximum Gasteiger partial charge on any atom is 0.190 e. The molecule has 4 heteroatoms. The van der Waals surface area contributed by atoms with Crippen LogP contribution in [0.2, 0.25) is 0 Å². The molecule has 7 heavy (non-hydrogen) atoms. The van der Waals surface area contributed by atoms with E-state index in [1.165, 1.54) is 11.8 Å². The van der Waals surface area contributed by atoms with E-state index in [4.69, 9.17) is 5.73 Å². The first kappa shape index (κ1) is 6.91. The van der Waals surface area contributed by atoms with Crippen molar-refractivity contribution in [3.05, 3.63) is 0 Å². The van der Waals surface area contributed by atoms with Gasteiger partial charge in [0.2, 0.25) is 0 Å². The zero-order valence-corrected chi connectivity index (χ0v) is 5.55. The first-order chi connectivity index (χ1) is 3.27. The van der Waals surface area contributed by atoms with Gasteiger partial charge in [-0.15, -0.1) is 11.8 Å². The van der Waals surface area contributed by atoms with Gasteiger partial charge in [0.1, 0.15) is 0 Å². The maximum atomic E-state index is 5.00. The van der Waals surface area contributed by atoms with Crippen LogP contribution in [-0.2, 0) is 0 Å². The SMILES string of the molecule is CS/C=N/C(N)=S. The minimum Gasteiger partial charge on any atom is -0.374 e. The van der Waals surface area contributed by atoms with Crippen LogP contribution in [0.5, 0.6) is 0 Å². The summed E-state index contributed by atoms with van der Waals surface area (Å²) < 4.78 is 0. The lowest BCUT2D eigenvalue weighted by molar-refractivity contribution is 1.65. The van der Waals surface area contributed by atoms with Crippen LogP contribution in [-0.4, -0.2) is 16.9 Å². The monoisotopic (exact) mass is 134 g/mol.